The van der Waals surface area contributed by atoms with Crippen LogP contribution in [0.25, 0.3) is 0 Å². The fourth-order valence-electron chi connectivity index (χ4n) is 5.40. The fourth-order valence-corrected chi connectivity index (χ4v) is 7.05. The highest BCUT2D eigenvalue weighted by atomic mass is 32.2. The van der Waals surface area contributed by atoms with Gasteiger partial charge in [-0.2, -0.15) is 4.31 Å². The van der Waals surface area contributed by atoms with Crippen LogP contribution in [0.1, 0.15) is 37.3 Å². The molecule has 2 aliphatic heterocycles. The molecule has 0 aromatic heterocycles. The molecule has 9 nitrogen and oxygen atoms in total. The van der Waals surface area contributed by atoms with Gasteiger partial charge < -0.3 is 19.3 Å². The van der Waals surface area contributed by atoms with Gasteiger partial charge in [0, 0.05) is 45.8 Å². The first-order valence-corrected chi connectivity index (χ1v) is 14.3. The Balaban J connectivity index is 1.49. The zero-order chi connectivity index (χ0) is 26.6. The van der Waals surface area contributed by atoms with Gasteiger partial charge in [0.15, 0.2) is 0 Å². The molecule has 0 bridgehead atoms. The second-order valence-electron chi connectivity index (χ2n) is 10.5. The average Bonchev–Trinajstić information content (AvgIpc) is 3.32. The third-order valence-electron chi connectivity index (χ3n) is 7.68. The molecule has 2 heterocycles. The summed E-state index contributed by atoms with van der Waals surface area (Å²) in [5, 5.41) is 0. The van der Waals surface area contributed by atoms with Gasteiger partial charge >= 0.3 is 0 Å². The van der Waals surface area contributed by atoms with E-state index in [2.05, 4.69) is 16.8 Å². The first-order chi connectivity index (χ1) is 16.9. The Morgan fingerprint density at radius 1 is 1.11 bits per heavy atom. The topological polar surface area (TPSA) is 82.6 Å². The number of hydrogen-bond donors (Lipinski definition) is 0. The summed E-state index contributed by atoms with van der Waals surface area (Å²) in [7, 11) is 3.41. The third-order valence-corrected chi connectivity index (χ3v) is 9.81. The minimum absolute atomic E-state index is 0.0587. The monoisotopic (exact) mass is 524 g/mol. The molecule has 2 fully saturated rings. The predicted molar refractivity (Wildman–Crippen MR) is 141 cm³/mol. The Bertz CT molecular complexity index is 987. The van der Waals surface area contributed by atoms with Crippen molar-refractivity contribution in [1.29, 1.82) is 0 Å². The van der Waals surface area contributed by atoms with Crippen LogP contribution in [0, 0.1) is 13.8 Å². The lowest BCUT2D eigenvalue weighted by Gasteiger charge is -2.35. The first-order valence-electron chi connectivity index (χ1n) is 12.9. The number of ether oxygens (including phenoxy) is 2. The lowest BCUT2D eigenvalue weighted by Crippen LogP contribution is -2.45. The van der Waals surface area contributed by atoms with E-state index in [1.165, 1.54) is 17.1 Å². The molecule has 0 saturated carbocycles. The molecule has 36 heavy (non-hydrogen) atoms. The van der Waals surface area contributed by atoms with Crippen molar-refractivity contribution in [2.45, 2.75) is 63.1 Å². The average molecular weight is 525 g/mol. The number of likely N-dealkylation sites (N-methyl/N-ethyl adjacent to an activating group) is 2. The van der Waals surface area contributed by atoms with Gasteiger partial charge in [0.25, 0.3) is 0 Å². The molecule has 0 radical (unpaired) electrons. The zero-order valence-electron chi connectivity index (χ0n) is 23.0. The van der Waals surface area contributed by atoms with E-state index in [-0.39, 0.29) is 30.0 Å². The number of sulfonamides is 1. The normalized spacial score (nSPS) is 21.2. The lowest BCUT2D eigenvalue weighted by atomic mass is 10.0. The summed E-state index contributed by atoms with van der Waals surface area (Å²) in [5.74, 6) is 0.562. The molecule has 2 aliphatic rings. The van der Waals surface area contributed by atoms with E-state index in [0.29, 0.717) is 22.9 Å². The summed E-state index contributed by atoms with van der Waals surface area (Å²) in [6.45, 7) is 9.62. The summed E-state index contributed by atoms with van der Waals surface area (Å²) in [6.07, 6.45) is 2.92. The molecule has 0 unspecified atom stereocenters. The maximum Gasteiger partial charge on any atom is 0.248 e. The van der Waals surface area contributed by atoms with Gasteiger partial charge in [0.2, 0.25) is 15.9 Å². The van der Waals surface area contributed by atoms with Crippen LogP contribution in [0.4, 0.5) is 0 Å². The van der Waals surface area contributed by atoms with Gasteiger partial charge in [0.05, 0.1) is 18.1 Å². The number of benzene rings is 1. The zero-order valence-corrected chi connectivity index (χ0v) is 23.8. The lowest BCUT2D eigenvalue weighted by molar-refractivity contribution is -0.138. The Hall–Kier alpha value is -1.72. The highest BCUT2D eigenvalue weighted by molar-refractivity contribution is 7.89. The highest BCUT2D eigenvalue weighted by Gasteiger charge is 2.33. The van der Waals surface area contributed by atoms with E-state index in [9.17, 15) is 13.2 Å². The van der Waals surface area contributed by atoms with Crippen molar-refractivity contribution in [3.63, 3.8) is 0 Å². The van der Waals surface area contributed by atoms with E-state index >= 15 is 0 Å². The number of hydrogen-bond acceptors (Lipinski definition) is 7. The Labute approximate surface area is 217 Å². The number of methoxy groups -OCH3 is 1. The molecule has 10 heteroatoms. The van der Waals surface area contributed by atoms with Crippen molar-refractivity contribution >= 4 is 15.9 Å². The number of piperidine rings is 1. The predicted octanol–water partition coefficient (Wildman–Crippen LogP) is 1.96. The van der Waals surface area contributed by atoms with Gasteiger partial charge in [-0.25, -0.2) is 8.42 Å². The summed E-state index contributed by atoms with van der Waals surface area (Å²) in [5.41, 5.74) is 1.27. The molecule has 3 rings (SSSR count). The van der Waals surface area contributed by atoms with Crippen molar-refractivity contribution in [3.8, 4) is 5.75 Å². The summed E-state index contributed by atoms with van der Waals surface area (Å²) >= 11 is 0. The van der Waals surface area contributed by atoms with Gasteiger partial charge in [-0.3, -0.25) is 9.69 Å². The van der Waals surface area contributed by atoms with Gasteiger partial charge in [-0.1, -0.05) is 0 Å². The summed E-state index contributed by atoms with van der Waals surface area (Å²) < 4.78 is 38.9. The molecule has 1 aromatic rings. The maximum absolute atomic E-state index is 13.3. The molecule has 1 aromatic carbocycles. The number of amides is 1. The summed E-state index contributed by atoms with van der Waals surface area (Å²) in [4.78, 5) is 19.9. The highest BCUT2D eigenvalue weighted by Crippen LogP contribution is 2.28. The van der Waals surface area contributed by atoms with E-state index in [1.807, 2.05) is 11.9 Å². The first kappa shape index (κ1) is 28.8. The van der Waals surface area contributed by atoms with Crippen molar-refractivity contribution in [2.75, 3.05) is 67.6 Å². The van der Waals surface area contributed by atoms with Crippen molar-refractivity contribution in [2.24, 2.45) is 0 Å². The van der Waals surface area contributed by atoms with Crippen LogP contribution in [-0.2, 0) is 19.6 Å². The van der Waals surface area contributed by atoms with Gasteiger partial charge in [-0.05, 0) is 83.4 Å². The molecule has 2 saturated heterocycles. The molecule has 0 spiro atoms. The van der Waals surface area contributed by atoms with Crippen LogP contribution in [0.3, 0.4) is 0 Å². The van der Waals surface area contributed by atoms with Crippen LogP contribution in [0.5, 0.6) is 5.75 Å². The van der Waals surface area contributed by atoms with Crippen LogP contribution in [0.2, 0.25) is 0 Å². The number of rotatable bonds is 10. The number of likely N-dealkylation sites (tertiary alicyclic amines) is 2. The van der Waals surface area contributed by atoms with E-state index in [1.54, 1.807) is 47.1 Å². The quantitative estimate of drug-likeness (QED) is 0.463. The maximum atomic E-state index is 13.3. The van der Waals surface area contributed by atoms with Crippen molar-refractivity contribution in [1.82, 2.24) is 19.0 Å². The largest absolute Gasteiger partial charge is 0.497 e. The smallest absolute Gasteiger partial charge is 0.248 e. The number of aryl methyl sites for hydroxylation is 2. The fraction of sp³-hybridized carbons (Fsp3) is 0.731. The minimum atomic E-state index is -3.71. The van der Waals surface area contributed by atoms with Gasteiger partial charge in [0.1, 0.15) is 12.4 Å². The Kier molecular flexibility index (Phi) is 9.79. The van der Waals surface area contributed by atoms with Crippen LogP contribution in [0.15, 0.2) is 17.0 Å². The Morgan fingerprint density at radius 3 is 2.31 bits per heavy atom. The van der Waals surface area contributed by atoms with Crippen LogP contribution >= 0.6 is 0 Å². The molecular formula is C26H44N4O5S. The summed E-state index contributed by atoms with van der Waals surface area (Å²) in [6, 6.07) is 4.25. The molecule has 2 atom stereocenters. The number of carbonyl (C=O) groups is 1. The third kappa shape index (κ3) is 6.77. The van der Waals surface area contributed by atoms with E-state index in [4.69, 9.17) is 9.47 Å². The molecule has 1 amide bonds. The van der Waals surface area contributed by atoms with E-state index < -0.39 is 16.1 Å². The van der Waals surface area contributed by atoms with Crippen LogP contribution in [-0.4, -0.2) is 119 Å². The Morgan fingerprint density at radius 2 is 1.72 bits per heavy atom. The van der Waals surface area contributed by atoms with Crippen LogP contribution < -0.4 is 4.74 Å². The number of carbonyl (C=O) groups excluding carboxylic acids is 1. The molecule has 0 aliphatic carbocycles. The SMILES string of the molecule is COc1cc(C)c(S(=O)(=O)N(C)C[C@H](C)OCC(=O)N(C)[C@@H]2CCN(C3CCN(C)CC3)C2)c(C)c1. The second kappa shape index (κ2) is 12.2. The second-order valence-corrected chi connectivity index (χ2v) is 12.5. The molecule has 0 N–H and O–H groups in total. The van der Waals surface area contributed by atoms with Crippen molar-refractivity contribution < 1.29 is 22.7 Å². The molecular weight excluding hydrogens is 480 g/mol. The number of nitrogens with zero attached hydrogens (tertiary/aromatic N) is 4. The standard InChI is InChI=1S/C26H44N4O5S/c1-19-14-24(34-7)15-20(2)26(19)36(32,33)28(5)16-21(3)35-18-25(31)29(6)23-10-13-30(17-23)22-8-11-27(4)12-9-22/h14-15,21-23H,8-13,16-18H2,1-7H3/t21-,23+/m0/s1. The van der Waals surface area contributed by atoms with E-state index in [0.717, 1.165) is 32.6 Å². The van der Waals surface area contributed by atoms with Gasteiger partial charge in [-0.15, -0.1) is 0 Å². The molecule has 204 valence electrons. The minimum Gasteiger partial charge on any atom is -0.497 e. The van der Waals surface area contributed by atoms with Crippen molar-refractivity contribution in [3.05, 3.63) is 23.3 Å².